The van der Waals surface area contributed by atoms with Gasteiger partial charge in [-0.3, -0.25) is 0 Å². The Morgan fingerprint density at radius 3 is 2.87 bits per heavy atom. The van der Waals surface area contributed by atoms with Crippen LogP contribution in [-0.2, 0) is 0 Å². The molecule has 2 heterocycles. The standard InChI is InChI=1S/C8H5F2N3O2/c9-7(10)4-1-2-13-6(11-4)3-5(12-13)8(14)15/h1-3,7H,(H,14,15). The number of hydrogen-bond acceptors (Lipinski definition) is 3. The number of carbonyl (C=O) groups is 1. The molecule has 0 aliphatic heterocycles. The van der Waals surface area contributed by atoms with E-state index in [9.17, 15) is 13.6 Å². The molecule has 2 aromatic rings. The van der Waals surface area contributed by atoms with E-state index in [-0.39, 0.29) is 11.3 Å². The fraction of sp³-hybridized carbons (Fsp3) is 0.125. The molecule has 0 amide bonds. The van der Waals surface area contributed by atoms with Gasteiger partial charge >= 0.3 is 5.97 Å². The molecule has 2 aromatic heterocycles. The summed E-state index contributed by atoms with van der Waals surface area (Å²) >= 11 is 0. The number of aromatic carboxylic acids is 1. The Balaban J connectivity index is 2.57. The van der Waals surface area contributed by atoms with Crippen molar-refractivity contribution in [1.29, 1.82) is 0 Å². The SMILES string of the molecule is O=C(O)c1cc2nc(C(F)F)ccn2n1. The summed E-state index contributed by atoms with van der Waals surface area (Å²) in [4.78, 5) is 14.1. The normalized spacial score (nSPS) is 11.1. The van der Waals surface area contributed by atoms with Crippen molar-refractivity contribution < 1.29 is 18.7 Å². The Labute approximate surface area is 82.0 Å². The lowest BCUT2D eigenvalue weighted by molar-refractivity contribution is 0.0690. The predicted octanol–water partition coefficient (Wildman–Crippen LogP) is 1.37. The first-order valence-electron chi connectivity index (χ1n) is 3.95. The predicted molar refractivity (Wildman–Crippen MR) is 44.9 cm³/mol. The summed E-state index contributed by atoms with van der Waals surface area (Å²) in [6.45, 7) is 0. The van der Waals surface area contributed by atoms with E-state index in [0.29, 0.717) is 0 Å². The average molecular weight is 213 g/mol. The van der Waals surface area contributed by atoms with Crippen LogP contribution in [0.15, 0.2) is 18.3 Å². The maximum absolute atomic E-state index is 12.3. The van der Waals surface area contributed by atoms with Crippen LogP contribution < -0.4 is 0 Å². The summed E-state index contributed by atoms with van der Waals surface area (Å²) in [5.41, 5.74) is -0.543. The number of carboxylic acids is 1. The number of hydrogen-bond donors (Lipinski definition) is 1. The Morgan fingerprint density at radius 2 is 2.27 bits per heavy atom. The molecule has 0 bridgehead atoms. The number of fused-ring (bicyclic) bond motifs is 1. The lowest BCUT2D eigenvalue weighted by Crippen LogP contribution is -1.98. The molecule has 0 aliphatic rings. The van der Waals surface area contributed by atoms with Crippen molar-refractivity contribution in [3.05, 3.63) is 29.7 Å². The first-order chi connectivity index (χ1) is 7.08. The van der Waals surface area contributed by atoms with Crippen LogP contribution in [-0.4, -0.2) is 25.7 Å². The van der Waals surface area contributed by atoms with Gasteiger partial charge in [-0.05, 0) is 6.07 Å². The number of carboxylic acid groups (broad SMARTS) is 1. The van der Waals surface area contributed by atoms with Gasteiger partial charge in [0.2, 0.25) is 0 Å². The van der Waals surface area contributed by atoms with Crippen molar-refractivity contribution in [2.24, 2.45) is 0 Å². The molecular formula is C8H5F2N3O2. The lowest BCUT2D eigenvalue weighted by atomic mass is 10.4. The van der Waals surface area contributed by atoms with E-state index in [1.54, 1.807) is 0 Å². The molecule has 78 valence electrons. The van der Waals surface area contributed by atoms with Gasteiger partial charge in [-0.1, -0.05) is 0 Å². The Kier molecular flexibility index (Phi) is 2.07. The van der Waals surface area contributed by atoms with E-state index >= 15 is 0 Å². The second-order valence-electron chi connectivity index (χ2n) is 2.79. The van der Waals surface area contributed by atoms with Crippen molar-refractivity contribution in [1.82, 2.24) is 14.6 Å². The largest absolute Gasteiger partial charge is 0.476 e. The van der Waals surface area contributed by atoms with Crippen LogP contribution in [0.1, 0.15) is 22.6 Å². The molecule has 0 radical (unpaired) electrons. The molecule has 0 atom stereocenters. The first kappa shape index (κ1) is 9.50. The second-order valence-corrected chi connectivity index (χ2v) is 2.79. The van der Waals surface area contributed by atoms with Crippen LogP contribution >= 0.6 is 0 Å². The topological polar surface area (TPSA) is 67.5 Å². The van der Waals surface area contributed by atoms with Crippen LogP contribution in [0.4, 0.5) is 8.78 Å². The van der Waals surface area contributed by atoms with E-state index in [2.05, 4.69) is 10.1 Å². The Morgan fingerprint density at radius 1 is 1.53 bits per heavy atom. The van der Waals surface area contributed by atoms with Crippen LogP contribution in [0.5, 0.6) is 0 Å². The fourth-order valence-electron chi connectivity index (χ4n) is 1.12. The van der Waals surface area contributed by atoms with E-state index in [0.717, 1.165) is 16.6 Å². The molecule has 0 spiro atoms. The number of halogens is 2. The highest BCUT2D eigenvalue weighted by Crippen LogP contribution is 2.16. The first-order valence-corrected chi connectivity index (χ1v) is 3.95. The number of aromatic nitrogens is 3. The zero-order valence-corrected chi connectivity index (χ0v) is 7.26. The molecule has 0 saturated heterocycles. The molecule has 1 N–H and O–H groups in total. The van der Waals surface area contributed by atoms with Gasteiger partial charge in [-0.25, -0.2) is 23.1 Å². The van der Waals surface area contributed by atoms with Crippen molar-refractivity contribution in [3.8, 4) is 0 Å². The van der Waals surface area contributed by atoms with Gasteiger partial charge in [-0.15, -0.1) is 0 Å². The summed E-state index contributed by atoms with van der Waals surface area (Å²) in [6.07, 6.45) is -1.44. The smallest absolute Gasteiger partial charge is 0.356 e. The summed E-state index contributed by atoms with van der Waals surface area (Å²) in [7, 11) is 0. The molecule has 0 aromatic carbocycles. The summed E-state index contributed by atoms with van der Waals surface area (Å²) in [5.74, 6) is -1.22. The minimum atomic E-state index is -2.68. The van der Waals surface area contributed by atoms with Crippen LogP contribution in [0.3, 0.4) is 0 Å². The van der Waals surface area contributed by atoms with Gasteiger partial charge in [0.05, 0.1) is 0 Å². The van der Waals surface area contributed by atoms with E-state index in [1.807, 2.05) is 0 Å². The van der Waals surface area contributed by atoms with Crippen LogP contribution in [0.2, 0.25) is 0 Å². The summed E-state index contributed by atoms with van der Waals surface area (Å²) in [5, 5.41) is 12.2. The number of alkyl halides is 2. The van der Waals surface area contributed by atoms with Crippen LogP contribution in [0.25, 0.3) is 5.65 Å². The zero-order chi connectivity index (χ0) is 11.0. The molecule has 2 rings (SSSR count). The maximum atomic E-state index is 12.3. The van der Waals surface area contributed by atoms with Gasteiger partial charge in [0.25, 0.3) is 6.43 Å². The van der Waals surface area contributed by atoms with E-state index < -0.39 is 18.1 Å². The van der Waals surface area contributed by atoms with Crippen LogP contribution in [0, 0.1) is 0 Å². The maximum Gasteiger partial charge on any atom is 0.356 e. The fourth-order valence-corrected chi connectivity index (χ4v) is 1.12. The van der Waals surface area contributed by atoms with Crippen molar-refractivity contribution in [3.63, 3.8) is 0 Å². The van der Waals surface area contributed by atoms with E-state index in [4.69, 9.17) is 5.11 Å². The Bertz CT molecular complexity index is 524. The third-order valence-corrected chi connectivity index (χ3v) is 1.79. The minimum Gasteiger partial charge on any atom is -0.476 e. The number of rotatable bonds is 2. The molecule has 15 heavy (non-hydrogen) atoms. The molecule has 0 unspecified atom stereocenters. The average Bonchev–Trinajstić information content (AvgIpc) is 2.59. The van der Waals surface area contributed by atoms with Crippen molar-refractivity contribution >= 4 is 11.6 Å². The van der Waals surface area contributed by atoms with Crippen molar-refractivity contribution in [2.45, 2.75) is 6.43 Å². The molecule has 0 aliphatic carbocycles. The third-order valence-electron chi connectivity index (χ3n) is 1.79. The van der Waals surface area contributed by atoms with E-state index in [1.165, 1.54) is 6.20 Å². The highest BCUT2D eigenvalue weighted by Gasteiger charge is 2.13. The lowest BCUT2D eigenvalue weighted by Gasteiger charge is -1.97. The van der Waals surface area contributed by atoms with Gasteiger partial charge in [0, 0.05) is 12.3 Å². The molecule has 7 heteroatoms. The zero-order valence-electron chi connectivity index (χ0n) is 7.26. The quantitative estimate of drug-likeness (QED) is 0.817. The monoisotopic (exact) mass is 213 g/mol. The highest BCUT2D eigenvalue weighted by molar-refractivity contribution is 5.86. The molecule has 0 fully saturated rings. The minimum absolute atomic E-state index is 0.0881. The van der Waals surface area contributed by atoms with Gasteiger partial charge in [-0.2, -0.15) is 5.10 Å². The van der Waals surface area contributed by atoms with Crippen molar-refractivity contribution in [2.75, 3.05) is 0 Å². The molecular weight excluding hydrogens is 208 g/mol. The third kappa shape index (κ3) is 1.63. The molecule has 5 nitrogen and oxygen atoms in total. The Hall–Kier alpha value is -2.05. The van der Waals surface area contributed by atoms with Gasteiger partial charge in [0.15, 0.2) is 11.3 Å². The summed E-state index contributed by atoms with van der Waals surface area (Å²) in [6, 6.07) is 2.23. The van der Waals surface area contributed by atoms with Gasteiger partial charge < -0.3 is 5.11 Å². The highest BCUT2D eigenvalue weighted by atomic mass is 19.3. The van der Waals surface area contributed by atoms with Gasteiger partial charge in [0.1, 0.15) is 5.69 Å². The summed E-state index contributed by atoms with van der Waals surface area (Å²) < 4.78 is 25.6. The second kappa shape index (κ2) is 3.26. The molecule has 0 saturated carbocycles. The number of nitrogens with zero attached hydrogens (tertiary/aromatic N) is 3.